The van der Waals surface area contributed by atoms with E-state index in [0.29, 0.717) is 18.4 Å². The van der Waals surface area contributed by atoms with Gasteiger partial charge >= 0.3 is 0 Å². The van der Waals surface area contributed by atoms with Gasteiger partial charge < -0.3 is 9.16 Å². The molecule has 3 heteroatoms. The fourth-order valence-corrected chi connectivity index (χ4v) is 9.46. The summed E-state index contributed by atoms with van der Waals surface area (Å²) < 4.78 is 13.0. The third-order valence-electron chi connectivity index (χ3n) is 6.83. The summed E-state index contributed by atoms with van der Waals surface area (Å²) in [4.78, 5) is 0. The first kappa shape index (κ1) is 28.1. The Morgan fingerprint density at radius 2 is 1.31 bits per heavy atom. The molecule has 0 unspecified atom stereocenters. The van der Waals surface area contributed by atoms with Crippen molar-refractivity contribution in [2.75, 3.05) is 13.2 Å². The van der Waals surface area contributed by atoms with Crippen molar-refractivity contribution in [3.63, 3.8) is 0 Å². The summed E-state index contributed by atoms with van der Waals surface area (Å²) in [7, 11) is -2.46. The van der Waals surface area contributed by atoms with Crippen molar-refractivity contribution in [3.8, 4) is 0 Å². The van der Waals surface area contributed by atoms with Gasteiger partial charge in [-0.3, -0.25) is 0 Å². The molecule has 0 heterocycles. The lowest BCUT2D eigenvalue weighted by molar-refractivity contribution is 0.113. The molecule has 0 saturated carbocycles. The maximum absolute atomic E-state index is 7.09. The van der Waals surface area contributed by atoms with Gasteiger partial charge in [0.25, 0.3) is 8.32 Å². The highest BCUT2D eigenvalue weighted by atomic mass is 28.4. The van der Waals surface area contributed by atoms with E-state index in [1.165, 1.54) is 15.9 Å². The van der Waals surface area contributed by atoms with Crippen LogP contribution in [0.1, 0.15) is 53.0 Å². The van der Waals surface area contributed by atoms with Crippen molar-refractivity contribution < 1.29 is 9.16 Å². The largest absolute Gasteiger partial charge is 0.407 e. The molecule has 0 saturated heterocycles. The van der Waals surface area contributed by atoms with E-state index >= 15 is 0 Å². The predicted molar refractivity (Wildman–Crippen MR) is 156 cm³/mol. The minimum absolute atomic E-state index is 0.0134. The fraction of sp³-hybridized carbons (Fsp3) is 0.394. The summed E-state index contributed by atoms with van der Waals surface area (Å²) in [5.74, 6) is 0.954. The van der Waals surface area contributed by atoms with Gasteiger partial charge in [0.05, 0.1) is 6.61 Å². The molecular formula is C33H44O2Si. The predicted octanol–water partition coefficient (Wildman–Crippen LogP) is 7.39. The smallest absolute Gasteiger partial charge is 0.261 e. The van der Waals surface area contributed by atoms with Gasteiger partial charge in [0.2, 0.25) is 0 Å². The second-order valence-electron chi connectivity index (χ2n) is 11.0. The highest BCUT2D eigenvalue weighted by Crippen LogP contribution is 2.37. The van der Waals surface area contributed by atoms with Crippen molar-refractivity contribution in [1.82, 2.24) is 0 Å². The fourth-order valence-electron chi connectivity index (χ4n) is 4.77. The zero-order valence-electron chi connectivity index (χ0n) is 22.8. The molecule has 192 valence electrons. The van der Waals surface area contributed by atoms with E-state index in [0.717, 1.165) is 26.1 Å². The van der Waals surface area contributed by atoms with Crippen molar-refractivity contribution in [1.29, 1.82) is 0 Å². The third-order valence-corrected chi connectivity index (χ3v) is 11.8. The first-order valence-electron chi connectivity index (χ1n) is 13.4. The molecule has 0 spiro atoms. The summed E-state index contributed by atoms with van der Waals surface area (Å²) in [5.41, 5.74) is 1.23. The number of rotatable bonds is 13. The van der Waals surface area contributed by atoms with Crippen LogP contribution in [0.25, 0.3) is 0 Å². The van der Waals surface area contributed by atoms with Gasteiger partial charge in [-0.25, -0.2) is 0 Å². The minimum Gasteiger partial charge on any atom is -0.407 e. The average molecular weight is 501 g/mol. The molecule has 0 radical (unpaired) electrons. The highest BCUT2D eigenvalue weighted by Gasteiger charge is 2.50. The summed E-state index contributed by atoms with van der Waals surface area (Å²) in [6.45, 7) is 13.8. The molecule has 36 heavy (non-hydrogen) atoms. The monoisotopic (exact) mass is 500 g/mol. The molecule has 0 N–H and O–H groups in total. The van der Waals surface area contributed by atoms with Crippen molar-refractivity contribution in [2.45, 2.75) is 59.1 Å². The number of hydrogen-bond donors (Lipinski definition) is 0. The van der Waals surface area contributed by atoms with Crippen LogP contribution in [0.2, 0.25) is 5.04 Å². The lowest BCUT2D eigenvalue weighted by Crippen LogP contribution is -2.66. The average Bonchev–Trinajstić information content (AvgIpc) is 2.88. The molecule has 0 aliphatic carbocycles. The van der Waals surface area contributed by atoms with Crippen molar-refractivity contribution >= 4 is 18.7 Å². The van der Waals surface area contributed by atoms with Crippen LogP contribution in [-0.4, -0.2) is 21.5 Å². The molecule has 2 atom stereocenters. The molecule has 0 fully saturated rings. The molecule has 2 nitrogen and oxygen atoms in total. The minimum atomic E-state index is -2.46. The van der Waals surface area contributed by atoms with Crippen LogP contribution >= 0.6 is 0 Å². The van der Waals surface area contributed by atoms with Gasteiger partial charge in [-0.15, -0.1) is 0 Å². The van der Waals surface area contributed by atoms with E-state index < -0.39 is 8.32 Å². The van der Waals surface area contributed by atoms with E-state index in [4.69, 9.17) is 9.16 Å². The van der Waals surface area contributed by atoms with E-state index in [9.17, 15) is 0 Å². The van der Waals surface area contributed by atoms with Crippen LogP contribution in [0.15, 0.2) is 103 Å². The molecule has 3 aromatic carbocycles. The maximum atomic E-state index is 7.09. The standard InChI is InChI=1S/C33H44O2Si/c1-28(24-25-34-27-30-18-9-6-10-19-30)16-15-17-29(2)26-35-36(33(3,4)5,31-20-11-7-12-21-31)32-22-13-8-14-23-32/h6-16,18-23,28-29H,17,24-27H2,1-5H3/b16-15+/t28-,29-/m1/s1. The van der Waals surface area contributed by atoms with Crippen LogP contribution in [-0.2, 0) is 15.8 Å². The first-order chi connectivity index (χ1) is 17.3. The van der Waals surface area contributed by atoms with Gasteiger partial charge in [-0.2, -0.15) is 0 Å². The molecule has 0 aliphatic heterocycles. The SMILES string of the molecule is C[C@H](C/C=C/[C@@H](C)CCOCc1ccccc1)CO[Si](c1ccccc1)(c1ccccc1)C(C)(C)C. The van der Waals surface area contributed by atoms with Crippen LogP contribution in [0, 0.1) is 11.8 Å². The number of ether oxygens (including phenoxy) is 1. The number of allylic oxidation sites excluding steroid dienone is 2. The van der Waals surface area contributed by atoms with E-state index in [1.54, 1.807) is 0 Å². The lowest BCUT2D eigenvalue weighted by Gasteiger charge is -2.43. The molecule has 0 bridgehead atoms. The van der Waals surface area contributed by atoms with E-state index in [2.05, 4.69) is 132 Å². The molecule has 3 rings (SSSR count). The maximum Gasteiger partial charge on any atom is 0.261 e. The number of benzene rings is 3. The Labute approximate surface area is 220 Å². The highest BCUT2D eigenvalue weighted by molar-refractivity contribution is 6.99. The summed E-state index contributed by atoms with van der Waals surface area (Å²) in [6, 6.07) is 32.2. The Bertz CT molecular complexity index is 986. The van der Waals surface area contributed by atoms with Crippen molar-refractivity contribution in [3.05, 3.63) is 109 Å². The summed E-state index contributed by atoms with van der Waals surface area (Å²) in [6.07, 6.45) is 6.73. The molecule has 3 aromatic rings. The van der Waals surface area contributed by atoms with Crippen LogP contribution in [0.3, 0.4) is 0 Å². The third kappa shape index (κ3) is 7.77. The zero-order chi connectivity index (χ0) is 25.9. The Balaban J connectivity index is 1.56. The second kappa shape index (κ2) is 13.7. The Morgan fingerprint density at radius 3 is 1.83 bits per heavy atom. The van der Waals surface area contributed by atoms with Gasteiger partial charge in [-0.1, -0.05) is 138 Å². The Kier molecular flexibility index (Phi) is 10.7. The van der Waals surface area contributed by atoms with Gasteiger partial charge in [0.15, 0.2) is 0 Å². The Hall–Kier alpha value is -2.46. The summed E-state index contributed by atoms with van der Waals surface area (Å²) >= 11 is 0. The topological polar surface area (TPSA) is 18.5 Å². The first-order valence-corrected chi connectivity index (χ1v) is 15.3. The Morgan fingerprint density at radius 1 is 0.778 bits per heavy atom. The van der Waals surface area contributed by atoms with Gasteiger partial charge in [-0.05, 0) is 45.7 Å². The van der Waals surface area contributed by atoms with Crippen LogP contribution in [0.5, 0.6) is 0 Å². The second-order valence-corrected chi connectivity index (χ2v) is 15.4. The number of hydrogen-bond acceptors (Lipinski definition) is 2. The van der Waals surface area contributed by atoms with Crippen LogP contribution in [0.4, 0.5) is 0 Å². The molecule has 0 aliphatic rings. The van der Waals surface area contributed by atoms with Crippen molar-refractivity contribution in [2.24, 2.45) is 11.8 Å². The molecular weight excluding hydrogens is 456 g/mol. The van der Waals surface area contributed by atoms with Gasteiger partial charge in [0.1, 0.15) is 0 Å². The zero-order valence-corrected chi connectivity index (χ0v) is 23.8. The van der Waals surface area contributed by atoms with Crippen LogP contribution < -0.4 is 10.4 Å². The van der Waals surface area contributed by atoms with E-state index in [1.807, 2.05) is 6.07 Å². The quantitative estimate of drug-likeness (QED) is 0.138. The molecule has 0 aromatic heterocycles. The molecule has 0 amide bonds. The lowest BCUT2D eigenvalue weighted by atomic mass is 10.0. The van der Waals surface area contributed by atoms with Gasteiger partial charge in [0, 0.05) is 13.2 Å². The van der Waals surface area contributed by atoms with E-state index in [-0.39, 0.29) is 5.04 Å². The normalized spacial score (nSPS) is 14.1. The summed E-state index contributed by atoms with van der Waals surface area (Å²) in [5, 5.41) is 2.70.